The van der Waals surface area contributed by atoms with E-state index in [0.29, 0.717) is 6.61 Å². The number of hydrogen-bond donors (Lipinski definition) is 2. The highest BCUT2D eigenvalue weighted by Crippen LogP contribution is 2.28. The van der Waals surface area contributed by atoms with Crippen molar-refractivity contribution in [1.29, 1.82) is 0 Å². The van der Waals surface area contributed by atoms with Crippen LogP contribution in [0, 0.1) is 0 Å². The molecule has 3 N–H and O–H groups in total. The van der Waals surface area contributed by atoms with Gasteiger partial charge in [-0.2, -0.15) is 0 Å². The Hall–Kier alpha value is -1.26. The maximum absolute atomic E-state index is 9.88. The molecule has 0 fully saturated rings. The zero-order valence-corrected chi connectivity index (χ0v) is 11.0. The maximum atomic E-state index is 9.88. The van der Waals surface area contributed by atoms with E-state index in [1.54, 1.807) is 13.2 Å². The number of anilines is 1. The molecule has 0 bridgehead atoms. The summed E-state index contributed by atoms with van der Waals surface area (Å²) in [4.78, 5) is 2.06. The molecule has 0 aliphatic carbocycles. The highest BCUT2D eigenvalue weighted by atomic mass is 16.5. The van der Waals surface area contributed by atoms with E-state index < -0.39 is 0 Å². The Kier molecular flexibility index (Phi) is 4.78. The number of hydrogen-bond acceptors (Lipinski definition) is 4. The van der Waals surface area contributed by atoms with Crippen molar-refractivity contribution in [2.75, 3.05) is 25.7 Å². The second-order valence-electron chi connectivity index (χ2n) is 4.45. The van der Waals surface area contributed by atoms with Crippen molar-refractivity contribution in [2.24, 2.45) is 5.73 Å². The molecular formula is C13H22N2O2. The molecule has 1 rings (SSSR count). The fourth-order valence-electron chi connectivity index (χ4n) is 1.74. The molecule has 17 heavy (non-hydrogen) atoms. The number of likely N-dealkylation sites (N-methyl/N-ethyl adjacent to an activating group) is 1. The lowest BCUT2D eigenvalue weighted by Crippen LogP contribution is -2.32. The highest BCUT2D eigenvalue weighted by Gasteiger charge is 2.12. The molecular weight excluding hydrogens is 216 g/mol. The molecule has 2 atom stereocenters. The third-order valence-electron chi connectivity index (χ3n) is 2.98. The molecule has 0 saturated carbocycles. The van der Waals surface area contributed by atoms with E-state index in [-0.39, 0.29) is 17.8 Å². The molecule has 1 aromatic rings. The summed E-state index contributed by atoms with van der Waals surface area (Å²) in [5.41, 5.74) is 7.47. The number of ether oxygens (including phenoxy) is 1. The molecule has 96 valence electrons. The quantitative estimate of drug-likeness (QED) is 0.822. The average molecular weight is 238 g/mol. The molecule has 0 aromatic heterocycles. The molecule has 0 aliphatic rings. The van der Waals surface area contributed by atoms with E-state index >= 15 is 0 Å². The van der Waals surface area contributed by atoms with Crippen molar-refractivity contribution >= 4 is 5.69 Å². The summed E-state index contributed by atoms with van der Waals surface area (Å²) in [6.07, 6.45) is 0. The van der Waals surface area contributed by atoms with E-state index in [1.165, 1.54) is 0 Å². The number of phenolic OH excluding ortho intramolecular Hbond substituents is 1. The molecule has 0 saturated heterocycles. The first-order valence-corrected chi connectivity index (χ1v) is 5.77. The van der Waals surface area contributed by atoms with E-state index in [2.05, 4.69) is 11.8 Å². The molecule has 0 amide bonds. The van der Waals surface area contributed by atoms with Crippen LogP contribution in [-0.2, 0) is 4.74 Å². The monoisotopic (exact) mass is 238 g/mol. The second kappa shape index (κ2) is 5.89. The Balaban J connectivity index is 2.89. The number of phenols is 1. The van der Waals surface area contributed by atoms with E-state index in [9.17, 15) is 5.11 Å². The van der Waals surface area contributed by atoms with Gasteiger partial charge in [0.15, 0.2) is 0 Å². The SMILES string of the molecule is COCC(C)N(C)c1ccc(C(C)N)c(O)c1. The van der Waals surface area contributed by atoms with E-state index in [4.69, 9.17) is 10.5 Å². The van der Waals surface area contributed by atoms with Crippen LogP contribution in [0.5, 0.6) is 5.75 Å². The van der Waals surface area contributed by atoms with Crippen molar-refractivity contribution in [3.8, 4) is 5.75 Å². The lowest BCUT2D eigenvalue weighted by atomic mass is 10.1. The zero-order chi connectivity index (χ0) is 13.0. The third kappa shape index (κ3) is 3.35. The van der Waals surface area contributed by atoms with Crippen LogP contribution in [0.2, 0.25) is 0 Å². The minimum Gasteiger partial charge on any atom is -0.508 e. The van der Waals surface area contributed by atoms with Crippen molar-refractivity contribution in [1.82, 2.24) is 0 Å². The van der Waals surface area contributed by atoms with Gasteiger partial charge in [0.25, 0.3) is 0 Å². The summed E-state index contributed by atoms with van der Waals surface area (Å²) in [7, 11) is 3.66. The van der Waals surface area contributed by atoms with Crippen LogP contribution in [-0.4, -0.2) is 31.9 Å². The molecule has 4 nitrogen and oxygen atoms in total. The van der Waals surface area contributed by atoms with Crippen LogP contribution in [0.3, 0.4) is 0 Å². The van der Waals surface area contributed by atoms with Gasteiger partial charge in [-0.3, -0.25) is 0 Å². The summed E-state index contributed by atoms with van der Waals surface area (Å²) >= 11 is 0. The summed E-state index contributed by atoms with van der Waals surface area (Å²) in [6.45, 7) is 4.57. The molecule has 2 unspecified atom stereocenters. The largest absolute Gasteiger partial charge is 0.508 e. The number of nitrogens with two attached hydrogens (primary N) is 1. The normalized spacial score (nSPS) is 14.4. The standard InChI is InChI=1S/C13H22N2O2/c1-9(8-17-4)15(3)11-5-6-12(10(2)14)13(16)7-11/h5-7,9-10,16H,8,14H2,1-4H3. The molecule has 0 radical (unpaired) electrons. The fraction of sp³-hybridized carbons (Fsp3) is 0.538. The number of rotatable bonds is 5. The van der Waals surface area contributed by atoms with Gasteiger partial charge in [0.1, 0.15) is 5.75 Å². The summed E-state index contributed by atoms with van der Waals surface area (Å²) in [6, 6.07) is 5.66. The van der Waals surface area contributed by atoms with Crippen molar-refractivity contribution in [3.05, 3.63) is 23.8 Å². The van der Waals surface area contributed by atoms with Gasteiger partial charge in [-0.1, -0.05) is 6.07 Å². The van der Waals surface area contributed by atoms with Gasteiger partial charge in [-0.05, 0) is 19.9 Å². The minimum absolute atomic E-state index is 0.161. The number of nitrogens with zero attached hydrogens (tertiary/aromatic N) is 1. The topological polar surface area (TPSA) is 58.7 Å². The Morgan fingerprint density at radius 1 is 1.41 bits per heavy atom. The van der Waals surface area contributed by atoms with Crippen LogP contribution in [0.15, 0.2) is 18.2 Å². The average Bonchev–Trinajstić information content (AvgIpc) is 2.27. The lowest BCUT2D eigenvalue weighted by molar-refractivity contribution is 0.183. The van der Waals surface area contributed by atoms with Crippen LogP contribution in [0.4, 0.5) is 5.69 Å². The van der Waals surface area contributed by atoms with Gasteiger partial charge in [0.05, 0.1) is 6.61 Å². The predicted octanol–water partition coefficient (Wildman–Crippen LogP) is 1.88. The van der Waals surface area contributed by atoms with Crippen LogP contribution in [0.1, 0.15) is 25.5 Å². The Morgan fingerprint density at radius 3 is 2.53 bits per heavy atom. The fourth-order valence-corrected chi connectivity index (χ4v) is 1.74. The highest BCUT2D eigenvalue weighted by molar-refractivity contribution is 5.54. The van der Waals surface area contributed by atoms with Gasteiger partial charge in [0, 0.05) is 43.6 Å². The van der Waals surface area contributed by atoms with Crippen molar-refractivity contribution < 1.29 is 9.84 Å². The number of methoxy groups -OCH3 is 1. The van der Waals surface area contributed by atoms with Crippen molar-refractivity contribution in [3.63, 3.8) is 0 Å². The first kappa shape index (κ1) is 13.8. The van der Waals surface area contributed by atoms with Crippen LogP contribution >= 0.6 is 0 Å². The maximum Gasteiger partial charge on any atom is 0.122 e. The zero-order valence-electron chi connectivity index (χ0n) is 11.0. The van der Waals surface area contributed by atoms with Crippen LogP contribution < -0.4 is 10.6 Å². The third-order valence-corrected chi connectivity index (χ3v) is 2.98. The molecule has 0 heterocycles. The Labute approximate surface area is 103 Å². The number of benzene rings is 1. The van der Waals surface area contributed by atoms with Gasteiger partial charge >= 0.3 is 0 Å². The Bertz CT molecular complexity index is 366. The molecule has 1 aromatic carbocycles. The van der Waals surface area contributed by atoms with E-state index in [1.807, 2.05) is 26.1 Å². The van der Waals surface area contributed by atoms with Gasteiger partial charge in [-0.25, -0.2) is 0 Å². The number of aromatic hydroxyl groups is 1. The van der Waals surface area contributed by atoms with Crippen LogP contribution in [0.25, 0.3) is 0 Å². The smallest absolute Gasteiger partial charge is 0.122 e. The predicted molar refractivity (Wildman–Crippen MR) is 70.5 cm³/mol. The van der Waals surface area contributed by atoms with Crippen molar-refractivity contribution in [2.45, 2.75) is 25.9 Å². The Morgan fingerprint density at radius 2 is 2.06 bits per heavy atom. The first-order valence-electron chi connectivity index (χ1n) is 5.77. The lowest BCUT2D eigenvalue weighted by Gasteiger charge is -2.27. The molecule has 0 aliphatic heterocycles. The second-order valence-corrected chi connectivity index (χ2v) is 4.45. The summed E-state index contributed by atoms with van der Waals surface area (Å²) in [5.74, 6) is 0.244. The first-order chi connectivity index (χ1) is 7.97. The van der Waals surface area contributed by atoms with Gasteiger partial charge in [0.2, 0.25) is 0 Å². The minimum atomic E-state index is -0.161. The molecule has 0 spiro atoms. The van der Waals surface area contributed by atoms with Gasteiger partial charge in [-0.15, -0.1) is 0 Å². The molecule has 4 heteroatoms. The summed E-state index contributed by atoms with van der Waals surface area (Å²) < 4.78 is 5.11. The van der Waals surface area contributed by atoms with Gasteiger partial charge < -0.3 is 20.5 Å². The summed E-state index contributed by atoms with van der Waals surface area (Å²) in [5, 5.41) is 9.88. The van der Waals surface area contributed by atoms with E-state index in [0.717, 1.165) is 11.3 Å².